The number of nitrogens with one attached hydrogen (secondary N) is 1. The Kier molecular flexibility index (Phi) is 4.65. The molecule has 4 fully saturated rings. The van der Waals surface area contributed by atoms with E-state index in [-0.39, 0.29) is 24.0 Å². The Morgan fingerprint density at radius 2 is 1.74 bits per heavy atom. The number of benzene rings is 1. The van der Waals surface area contributed by atoms with Gasteiger partial charge in [0.1, 0.15) is 19.0 Å². The molecule has 0 aliphatic heterocycles. The molecule has 0 unspecified atom stereocenters. The van der Waals surface area contributed by atoms with Crippen molar-refractivity contribution in [3.05, 3.63) is 29.8 Å². The number of ether oxygens (including phenoxy) is 2. The lowest BCUT2D eigenvalue weighted by atomic mass is 9.47. The summed E-state index contributed by atoms with van der Waals surface area (Å²) in [6.45, 7) is 4.22. The first-order chi connectivity index (χ1) is 12.9. The van der Waals surface area contributed by atoms with Crippen molar-refractivity contribution in [2.75, 3.05) is 13.2 Å². The van der Waals surface area contributed by atoms with Gasteiger partial charge in [0.2, 0.25) is 5.91 Å². The fourth-order valence-electron chi connectivity index (χ4n) is 6.10. The molecule has 4 saturated carbocycles. The van der Waals surface area contributed by atoms with Crippen LogP contribution in [-0.4, -0.2) is 30.6 Å². The lowest BCUT2D eigenvalue weighted by molar-refractivity contribution is -0.176. The summed E-state index contributed by atoms with van der Waals surface area (Å²) in [5.41, 5.74) is 0.563. The Morgan fingerprint density at radius 1 is 1.07 bits per heavy atom. The number of rotatable bonds is 6. The number of carbonyl (C=O) groups excluding carboxylic acids is 2. The van der Waals surface area contributed by atoms with Gasteiger partial charge in [-0.2, -0.15) is 0 Å². The average molecular weight is 371 g/mol. The van der Waals surface area contributed by atoms with Crippen LogP contribution in [0.15, 0.2) is 24.3 Å². The first-order valence-corrected chi connectivity index (χ1v) is 10.0. The van der Waals surface area contributed by atoms with Gasteiger partial charge in [-0.1, -0.05) is 17.7 Å². The second-order valence-electron chi connectivity index (χ2n) is 9.00. The predicted octanol–water partition coefficient (Wildman–Crippen LogP) is 3.39. The topological polar surface area (TPSA) is 64.6 Å². The fourth-order valence-corrected chi connectivity index (χ4v) is 6.10. The van der Waals surface area contributed by atoms with Gasteiger partial charge in [-0.15, -0.1) is 0 Å². The molecule has 5 heteroatoms. The molecule has 1 aromatic rings. The van der Waals surface area contributed by atoms with Crippen LogP contribution in [0.3, 0.4) is 0 Å². The van der Waals surface area contributed by atoms with Gasteiger partial charge in [-0.3, -0.25) is 9.59 Å². The Bertz CT molecular complexity index is 712. The molecule has 0 aromatic heterocycles. The van der Waals surface area contributed by atoms with Gasteiger partial charge in [0.25, 0.3) is 0 Å². The third kappa shape index (κ3) is 3.69. The molecule has 27 heavy (non-hydrogen) atoms. The Labute approximate surface area is 160 Å². The lowest BCUT2D eigenvalue weighted by Gasteiger charge is -2.60. The molecule has 1 amide bonds. The van der Waals surface area contributed by atoms with Crippen molar-refractivity contribution in [2.45, 2.75) is 57.9 Å². The van der Waals surface area contributed by atoms with Crippen LogP contribution in [0.1, 0.15) is 51.0 Å². The van der Waals surface area contributed by atoms with Crippen LogP contribution in [0, 0.1) is 24.2 Å². The van der Waals surface area contributed by atoms with Gasteiger partial charge in [-0.25, -0.2) is 0 Å². The summed E-state index contributed by atoms with van der Waals surface area (Å²) in [6.07, 6.45) is 5.74. The Hall–Kier alpha value is -2.04. The highest BCUT2D eigenvalue weighted by Gasteiger charge is 2.61. The molecule has 5 nitrogen and oxygen atoms in total. The van der Waals surface area contributed by atoms with Gasteiger partial charge in [0.05, 0.1) is 5.41 Å². The minimum absolute atomic E-state index is 0.00645. The minimum Gasteiger partial charge on any atom is -0.490 e. The number of carbonyl (C=O) groups is 2. The van der Waals surface area contributed by atoms with Crippen molar-refractivity contribution in [1.82, 2.24) is 5.32 Å². The van der Waals surface area contributed by atoms with Crippen molar-refractivity contribution >= 4 is 11.9 Å². The summed E-state index contributed by atoms with van der Waals surface area (Å²) in [5.74, 6) is 1.74. The largest absolute Gasteiger partial charge is 0.490 e. The van der Waals surface area contributed by atoms with E-state index in [4.69, 9.17) is 9.47 Å². The van der Waals surface area contributed by atoms with E-state index in [1.165, 1.54) is 12.0 Å². The van der Waals surface area contributed by atoms with E-state index in [2.05, 4.69) is 5.32 Å². The van der Waals surface area contributed by atoms with E-state index in [0.29, 0.717) is 18.4 Å². The molecular weight excluding hydrogens is 342 g/mol. The summed E-state index contributed by atoms with van der Waals surface area (Å²) in [7, 11) is 0. The zero-order chi connectivity index (χ0) is 19.1. The maximum Gasteiger partial charge on any atom is 0.312 e. The second-order valence-corrected chi connectivity index (χ2v) is 9.00. The number of aryl methyl sites for hydroxylation is 1. The molecule has 4 aliphatic rings. The summed E-state index contributed by atoms with van der Waals surface area (Å²) < 4.78 is 11.3. The van der Waals surface area contributed by atoms with E-state index in [9.17, 15) is 9.59 Å². The molecule has 146 valence electrons. The number of esters is 1. The smallest absolute Gasteiger partial charge is 0.312 e. The van der Waals surface area contributed by atoms with Crippen LogP contribution in [0.4, 0.5) is 0 Å². The Balaban J connectivity index is 1.35. The molecule has 4 bridgehead atoms. The first kappa shape index (κ1) is 18.3. The quantitative estimate of drug-likeness (QED) is 0.615. The highest BCUT2D eigenvalue weighted by Crippen LogP contribution is 2.62. The third-order valence-electron chi connectivity index (χ3n) is 6.54. The summed E-state index contributed by atoms with van der Waals surface area (Å²) in [4.78, 5) is 24.7. The lowest BCUT2D eigenvalue weighted by Crippen LogP contribution is -2.64. The van der Waals surface area contributed by atoms with Crippen molar-refractivity contribution in [3.63, 3.8) is 0 Å². The van der Waals surface area contributed by atoms with Crippen LogP contribution < -0.4 is 10.1 Å². The number of hydrogen-bond donors (Lipinski definition) is 1. The molecule has 1 N–H and O–H groups in total. The standard InChI is InChI=1S/C22H29NO4/c1-15-3-5-19(6-4-15)26-7-8-27-20(25)21-10-17-9-18(11-21)13-22(12-17,14-21)23-16(2)24/h3-6,17-18H,7-14H2,1-2H3,(H,23,24)/t17-,18-,21?,22?/m0/s1. The molecule has 0 saturated heterocycles. The molecule has 0 radical (unpaired) electrons. The summed E-state index contributed by atoms with van der Waals surface area (Å²) in [6, 6.07) is 7.84. The van der Waals surface area contributed by atoms with Gasteiger partial charge < -0.3 is 14.8 Å². The second kappa shape index (κ2) is 6.84. The highest BCUT2D eigenvalue weighted by atomic mass is 16.6. The molecule has 5 rings (SSSR count). The molecule has 0 spiro atoms. The van der Waals surface area contributed by atoms with E-state index in [1.807, 2.05) is 31.2 Å². The van der Waals surface area contributed by atoms with Crippen LogP contribution >= 0.6 is 0 Å². The fraction of sp³-hybridized carbons (Fsp3) is 0.636. The Morgan fingerprint density at radius 3 is 2.37 bits per heavy atom. The maximum absolute atomic E-state index is 13.0. The van der Waals surface area contributed by atoms with E-state index in [1.54, 1.807) is 6.92 Å². The monoisotopic (exact) mass is 371 g/mol. The summed E-state index contributed by atoms with van der Waals surface area (Å²) in [5, 5.41) is 3.19. The molecule has 0 heterocycles. The van der Waals surface area contributed by atoms with E-state index in [0.717, 1.165) is 37.9 Å². The molecule has 2 atom stereocenters. The van der Waals surface area contributed by atoms with Gasteiger partial charge >= 0.3 is 5.97 Å². The van der Waals surface area contributed by atoms with Crippen molar-refractivity contribution in [2.24, 2.45) is 17.3 Å². The normalized spacial score (nSPS) is 33.6. The third-order valence-corrected chi connectivity index (χ3v) is 6.54. The van der Waals surface area contributed by atoms with E-state index < -0.39 is 5.41 Å². The average Bonchev–Trinajstić information content (AvgIpc) is 2.57. The van der Waals surface area contributed by atoms with Crippen LogP contribution in [0.2, 0.25) is 0 Å². The minimum atomic E-state index is -0.420. The van der Waals surface area contributed by atoms with E-state index >= 15 is 0 Å². The highest BCUT2D eigenvalue weighted by molar-refractivity contribution is 5.79. The van der Waals surface area contributed by atoms with Crippen molar-refractivity contribution < 1.29 is 19.1 Å². The zero-order valence-corrected chi connectivity index (χ0v) is 16.3. The number of amides is 1. The molecule has 1 aromatic carbocycles. The van der Waals surface area contributed by atoms with Gasteiger partial charge in [0, 0.05) is 12.5 Å². The van der Waals surface area contributed by atoms with Crippen molar-refractivity contribution in [1.29, 1.82) is 0 Å². The SMILES string of the molecule is CC(=O)NC12C[C@H]3C[C@H](C1)CC(C(=O)OCCOc1ccc(C)cc1)(C3)C2. The maximum atomic E-state index is 13.0. The van der Waals surface area contributed by atoms with Crippen LogP contribution in [0.25, 0.3) is 0 Å². The van der Waals surface area contributed by atoms with Crippen LogP contribution in [0.5, 0.6) is 5.75 Å². The van der Waals surface area contributed by atoms with Crippen LogP contribution in [-0.2, 0) is 14.3 Å². The van der Waals surface area contributed by atoms with Gasteiger partial charge in [-0.05, 0) is 69.4 Å². The summed E-state index contributed by atoms with van der Waals surface area (Å²) >= 11 is 0. The molecule has 4 aliphatic carbocycles. The number of hydrogen-bond acceptors (Lipinski definition) is 4. The predicted molar refractivity (Wildman–Crippen MR) is 101 cm³/mol. The first-order valence-electron chi connectivity index (χ1n) is 10.0. The van der Waals surface area contributed by atoms with Crippen molar-refractivity contribution in [3.8, 4) is 5.75 Å². The molecular formula is C22H29NO4. The van der Waals surface area contributed by atoms with Gasteiger partial charge in [0.15, 0.2) is 0 Å². The zero-order valence-electron chi connectivity index (χ0n) is 16.3.